The van der Waals surface area contributed by atoms with Gasteiger partial charge >= 0.3 is 17.9 Å². The Morgan fingerprint density at radius 3 is 1.36 bits per heavy atom. The number of carbonyl (C=O) groups is 3. The first-order valence-electron chi connectivity index (χ1n) is 20.2. The molecule has 0 aliphatic carbocycles. The van der Waals surface area contributed by atoms with Gasteiger partial charge in [0.25, 0.3) is 0 Å². The molecule has 2 heterocycles. The fourth-order valence-electron chi connectivity index (χ4n) is 7.22. The summed E-state index contributed by atoms with van der Waals surface area (Å²) < 4.78 is 69.4. The van der Waals surface area contributed by atoms with Gasteiger partial charge in [-0.25, -0.2) is 0 Å². The van der Waals surface area contributed by atoms with E-state index >= 15 is 0 Å². The van der Waals surface area contributed by atoms with Gasteiger partial charge in [0, 0.05) is 27.9 Å². The second-order valence-corrected chi connectivity index (χ2v) is 14.7. The van der Waals surface area contributed by atoms with Crippen molar-refractivity contribution in [1.29, 1.82) is 0 Å². The smallest absolute Gasteiger partial charge is 0.303 e. The zero-order valence-corrected chi connectivity index (χ0v) is 34.8. The Morgan fingerprint density at radius 2 is 0.885 bits per heavy atom. The number of esters is 3. The normalized spacial score (nSPS) is 26.2. The molecule has 0 bridgehead atoms. The van der Waals surface area contributed by atoms with Crippen LogP contribution >= 0.6 is 0 Å². The van der Waals surface area contributed by atoms with E-state index in [1.807, 2.05) is 121 Å². The molecular weight excluding hydrogens is 789 g/mol. The molecule has 326 valence electrons. The third kappa shape index (κ3) is 13.5. The van der Waals surface area contributed by atoms with Crippen LogP contribution in [0.3, 0.4) is 0 Å². The lowest BCUT2D eigenvalue weighted by Crippen LogP contribution is -2.66. The summed E-state index contributed by atoms with van der Waals surface area (Å²) in [6.07, 6.45) is -10.9. The summed E-state index contributed by atoms with van der Waals surface area (Å²) in [7, 11) is 1.48. The molecule has 0 saturated carbocycles. The van der Waals surface area contributed by atoms with Gasteiger partial charge in [-0.05, 0) is 22.3 Å². The molecule has 0 radical (unpaired) electrons. The van der Waals surface area contributed by atoms with E-state index in [1.165, 1.54) is 27.9 Å². The average molecular weight is 843 g/mol. The second-order valence-electron chi connectivity index (χ2n) is 14.7. The Labute approximate surface area is 356 Å². The van der Waals surface area contributed by atoms with Crippen molar-refractivity contribution < 1.29 is 66.5 Å². The number of ether oxygens (including phenoxy) is 11. The fraction of sp³-hybridized carbons (Fsp3) is 0.426. The minimum atomic E-state index is -1.38. The molecule has 14 nitrogen and oxygen atoms in total. The van der Waals surface area contributed by atoms with Crippen LogP contribution in [-0.4, -0.2) is 99.6 Å². The summed E-state index contributed by atoms with van der Waals surface area (Å²) >= 11 is 0. The number of carbonyl (C=O) groups excluding carboxylic acids is 3. The van der Waals surface area contributed by atoms with Crippen molar-refractivity contribution in [3.05, 3.63) is 144 Å². The number of hydrogen-bond acceptors (Lipinski definition) is 14. The third-order valence-corrected chi connectivity index (χ3v) is 10.0. The number of hydrogen-bond donors (Lipinski definition) is 0. The maximum absolute atomic E-state index is 12.8. The lowest BCUT2D eigenvalue weighted by atomic mass is 9.96. The molecule has 0 unspecified atom stereocenters. The maximum atomic E-state index is 12.8. The van der Waals surface area contributed by atoms with Crippen LogP contribution in [0.25, 0.3) is 0 Å². The van der Waals surface area contributed by atoms with Crippen LogP contribution in [-0.2, 0) is 92.9 Å². The van der Waals surface area contributed by atoms with E-state index in [1.54, 1.807) is 0 Å². The van der Waals surface area contributed by atoms with Gasteiger partial charge in [-0.2, -0.15) is 0 Å². The van der Waals surface area contributed by atoms with Crippen molar-refractivity contribution in [1.82, 2.24) is 0 Å². The average Bonchev–Trinajstić information content (AvgIpc) is 3.26. The standard InChI is InChI=1S/C47H54O14/c1-31(48)53-30-39-41(57-32(2)49)43(58-33(3)50)44(56-28-37-23-15-8-16-24-37)47(60-39)61-45-42(55-27-36-21-13-7-14-22-36)40(54-26-35-19-11-6-12-20-35)38(59-46(45)51-4)29-52-25-34-17-9-5-10-18-34/h5-24,38-47H,25-30H2,1-4H3/t38-,39-,40-,41-,42+,43+,44-,45-,46+,47-/m1/s1. The molecule has 4 aromatic rings. The molecule has 6 rings (SSSR count). The summed E-state index contributed by atoms with van der Waals surface area (Å²) in [5.74, 6) is -1.98. The highest BCUT2D eigenvalue weighted by Crippen LogP contribution is 2.36. The van der Waals surface area contributed by atoms with Crippen LogP contribution in [0.4, 0.5) is 0 Å². The van der Waals surface area contributed by atoms with Crippen molar-refractivity contribution in [2.75, 3.05) is 20.3 Å². The summed E-state index contributed by atoms with van der Waals surface area (Å²) in [4.78, 5) is 37.4. The number of methoxy groups -OCH3 is 1. The second kappa shape index (κ2) is 23.3. The molecule has 0 N–H and O–H groups in total. The predicted octanol–water partition coefficient (Wildman–Crippen LogP) is 5.87. The molecule has 61 heavy (non-hydrogen) atoms. The lowest BCUT2D eigenvalue weighted by Gasteiger charge is -2.49. The van der Waals surface area contributed by atoms with Crippen molar-refractivity contribution >= 4 is 17.9 Å². The van der Waals surface area contributed by atoms with E-state index < -0.39 is 79.3 Å². The Hall–Kier alpha value is -5.03. The lowest BCUT2D eigenvalue weighted by molar-refractivity contribution is -0.376. The van der Waals surface area contributed by atoms with Gasteiger partial charge in [0.2, 0.25) is 0 Å². The van der Waals surface area contributed by atoms with E-state index in [0.29, 0.717) is 6.61 Å². The van der Waals surface area contributed by atoms with Gasteiger partial charge < -0.3 is 52.1 Å². The first-order chi connectivity index (χ1) is 29.7. The summed E-state index contributed by atoms with van der Waals surface area (Å²) in [6, 6.07) is 38.4. The molecular formula is C47H54O14. The van der Waals surface area contributed by atoms with E-state index in [-0.39, 0.29) is 33.0 Å². The fourth-order valence-corrected chi connectivity index (χ4v) is 7.22. The topological polar surface area (TPSA) is 153 Å². The molecule has 0 spiro atoms. The minimum absolute atomic E-state index is 0.0281. The van der Waals surface area contributed by atoms with Gasteiger partial charge in [0.1, 0.15) is 43.2 Å². The molecule has 4 aromatic carbocycles. The van der Waals surface area contributed by atoms with Crippen molar-refractivity contribution in [3.8, 4) is 0 Å². The van der Waals surface area contributed by atoms with Gasteiger partial charge in [0.05, 0.1) is 33.0 Å². The first kappa shape index (κ1) is 45.5. The Bertz CT molecular complexity index is 1920. The summed E-state index contributed by atoms with van der Waals surface area (Å²) in [6.45, 7) is 4.11. The third-order valence-electron chi connectivity index (χ3n) is 10.0. The van der Waals surface area contributed by atoms with Crippen LogP contribution in [0.15, 0.2) is 121 Å². The highest BCUT2D eigenvalue weighted by atomic mass is 16.8. The summed E-state index contributed by atoms with van der Waals surface area (Å²) in [5, 5.41) is 0. The zero-order chi connectivity index (χ0) is 43.0. The highest BCUT2D eigenvalue weighted by Gasteiger charge is 2.56. The number of rotatable bonds is 20. The van der Waals surface area contributed by atoms with E-state index in [0.717, 1.165) is 22.3 Å². The minimum Gasteiger partial charge on any atom is -0.463 e. The molecule has 14 heteroatoms. The van der Waals surface area contributed by atoms with E-state index in [4.69, 9.17) is 52.1 Å². The largest absolute Gasteiger partial charge is 0.463 e. The van der Waals surface area contributed by atoms with Crippen LogP contribution in [0, 0.1) is 0 Å². The zero-order valence-electron chi connectivity index (χ0n) is 34.8. The SMILES string of the molecule is CO[C@H]1O[C@H](COCc2ccccc2)[C@@H](OCc2ccccc2)[C@H](OCc2ccccc2)[C@H]1O[C@H]1O[C@H](COC(C)=O)[C@@H](OC(C)=O)[C@H](OC(C)=O)[C@H]1OCc1ccccc1. The molecule has 0 amide bonds. The van der Waals surface area contributed by atoms with E-state index in [2.05, 4.69) is 0 Å². The van der Waals surface area contributed by atoms with Crippen LogP contribution in [0.1, 0.15) is 43.0 Å². The van der Waals surface area contributed by atoms with Crippen molar-refractivity contribution in [2.24, 2.45) is 0 Å². The van der Waals surface area contributed by atoms with E-state index in [9.17, 15) is 14.4 Å². The molecule has 10 atom stereocenters. The first-order valence-corrected chi connectivity index (χ1v) is 20.2. The van der Waals surface area contributed by atoms with Crippen LogP contribution < -0.4 is 0 Å². The molecule has 2 aliphatic rings. The van der Waals surface area contributed by atoms with Crippen LogP contribution in [0.5, 0.6) is 0 Å². The molecule has 0 aromatic heterocycles. The molecule has 2 aliphatic heterocycles. The quantitative estimate of drug-likeness (QED) is 0.0771. The Morgan fingerprint density at radius 1 is 0.459 bits per heavy atom. The monoisotopic (exact) mass is 842 g/mol. The van der Waals surface area contributed by atoms with Gasteiger partial charge in [0.15, 0.2) is 24.8 Å². The maximum Gasteiger partial charge on any atom is 0.303 e. The molecule has 2 saturated heterocycles. The van der Waals surface area contributed by atoms with Crippen molar-refractivity contribution in [2.45, 2.75) is 109 Å². The predicted molar refractivity (Wildman–Crippen MR) is 218 cm³/mol. The molecule has 2 fully saturated rings. The van der Waals surface area contributed by atoms with Crippen LogP contribution in [0.2, 0.25) is 0 Å². The highest BCUT2D eigenvalue weighted by molar-refractivity contribution is 5.68. The number of benzene rings is 4. The Kier molecular flexibility index (Phi) is 17.3. The van der Waals surface area contributed by atoms with Gasteiger partial charge in [-0.15, -0.1) is 0 Å². The van der Waals surface area contributed by atoms with Crippen molar-refractivity contribution in [3.63, 3.8) is 0 Å². The Balaban J connectivity index is 1.38. The summed E-state index contributed by atoms with van der Waals surface area (Å²) in [5.41, 5.74) is 3.58. The van der Waals surface area contributed by atoms with Gasteiger partial charge in [-0.1, -0.05) is 121 Å². The van der Waals surface area contributed by atoms with Gasteiger partial charge in [-0.3, -0.25) is 14.4 Å².